The molecule has 0 aliphatic rings. The zero-order chi connectivity index (χ0) is 10.5. The van der Waals surface area contributed by atoms with E-state index in [1.807, 2.05) is 21.1 Å². The molecule has 0 aliphatic heterocycles. The molecule has 0 aromatic rings. The number of quaternary nitrogens is 1. The summed E-state index contributed by atoms with van der Waals surface area (Å²) in [7, 11) is 5.87. The molecule has 1 N–H and O–H groups in total. The second-order valence-electron chi connectivity index (χ2n) is 3.96. The fourth-order valence-corrected chi connectivity index (χ4v) is 0.922. The Morgan fingerprint density at radius 2 is 2.07 bits per heavy atom. The van der Waals surface area contributed by atoms with Crippen molar-refractivity contribution in [2.24, 2.45) is 0 Å². The van der Waals surface area contributed by atoms with E-state index >= 15 is 0 Å². The molecule has 0 bridgehead atoms. The largest absolute Gasteiger partial charge is 1.00 e. The lowest BCUT2D eigenvalue weighted by Gasteiger charge is -2.26. The minimum absolute atomic E-state index is 0. The van der Waals surface area contributed by atoms with Crippen LogP contribution in [0.5, 0.6) is 0 Å². The zero-order valence-corrected chi connectivity index (χ0v) is 10.5. The van der Waals surface area contributed by atoms with E-state index in [1.54, 1.807) is 0 Å². The molecule has 14 heavy (non-hydrogen) atoms. The van der Waals surface area contributed by atoms with Crippen LogP contribution in [0.15, 0.2) is 12.7 Å². The Morgan fingerprint density at radius 1 is 1.57 bits per heavy atom. The van der Waals surface area contributed by atoms with Gasteiger partial charge in [0.1, 0.15) is 19.3 Å². The van der Waals surface area contributed by atoms with Gasteiger partial charge in [0.25, 0.3) is 0 Å². The van der Waals surface area contributed by atoms with Gasteiger partial charge in [-0.3, -0.25) is 0 Å². The molecule has 0 heterocycles. The van der Waals surface area contributed by atoms with Gasteiger partial charge in [-0.15, -0.1) is 0 Å². The third-order valence-electron chi connectivity index (χ3n) is 1.34. The van der Waals surface area contributed by atoms with Crippen LogP contribution in [-0.4, -0.2) is 56.0 Å². The normalized spacial score (nSPS) is 12.6. The van der Waals surface area contributed by atoms with Crippen LogP contribution in [0.2, 0.25) is 0 Å². The molecule has 0 spiro atoms. The highest BCUT2D eigenvalue weighted by molar-refractivity contribution is 5.81. The highest BCUT2D eigenvalue weighted by Gasteiger charge is 2.16. The highest BCUT2D eigenvalue weighted by Crippen LogP contribution is 1.95. The smallest absolute Gasteiger partial charge is 0.330 e. The average molecular weight is 268 g/mol. The Labute approximate surface area is 95.5 Å². The van der Waals surface area contributed by atoms with E-state index < -0.39 is 12.1 Å². The quantitative estimate of drug-likeness (QED) is 0.324. The summed E-state index contributed by atoms with van der Waals surface area (Å²) < 4.78 is 5.31. The third-order valence-corrected chi connectivity index (χ3v) is 1.34. The van der Waals surface area contributed by atoms with E-state index in [1.165, 1.54) is 0 Å². The van der Waals surface area contributed by atoms with Crippen molar-refractivity contribution in [3.8, 4) is 0 Å². The Balaban J connectivity index is 0. The van der Waals surface area contributed by atoms with Gasteiger partial charge < -0.3 is 31.3 Å². The van der Waals surface area contributed by atoms with Gasteiger partial charge in [0.15, 0.2) is 0 Å². The predicted octanol–water partition coefficient (Wildman–Crippen LogP) is -3.21. The number of aliphatic hydroxyl groups excluding tert-OH is 1. The standard InChI is InChI=1S/C9H18NO3.BrH/c1-5-9(12)13-7-8(11)6-10(2,3)4;/h5,8,11H,1,6-7H2,2-4H3;1H/q+1;/p-1. The minimum Gasteiger partial charge on any atom is -1.00 e. The summed E-state index contributed by atoms with van der Waals surface area (Å²) in [6.07, 6.45) is 0.461. The first-order valence-corrected chi connectivity index (χ1v) is 4.13. The van der Waals surface area contributed by atoms with Crippen molar-refractivity contribution >= 4 is 5.97 Å². The third kappa shape index (κ3) is 9.70. The number of esters is 1. The lowest BCUT2D eigenvalue weighted by atomic mass is 10.3. The second-order valence-corrected chi connectivity index (χ2v) is 3.96. The van der Waals surface area contributed by atoms with Gasteiger partial charge in [-0.2, -0.15) is 0 Å². The Kier molecular flexibility index (Phi) is 8.00. The molecular weight excluding hydrogens is 250 g/mol. The van der Waals surface area contributed by atoms with Gasteiger partial charge in [0.05, 0.1) is 21.1 Å². The maximum absolute atomic E-state index is 10.6. The lowest BCUT2D eigenvalue weighted by Crippen LogP contribution is -3.00. The van der Waals surface area contributed by atoms with Crippen molar-refractivity contribution in [3.05, 3.63) is 12.7 Å². The number of hydrogen-bond donors (Lipinski definition) is 1. The summed E-state index contributed by atoms with van der Waals surface area (Å²) in [5, 5.41) is 9.40. The van der Waals surface area contributed by atoms with Crippen LogP contribution in [0.1, 0.15) is 0 Å². The van der Waals surface area contributed by atoms with Crippen LogP contribution in [0.3, 0.4) is 0 Å². The van der Waals surface area contributed by atoms with E-state index in [4.69, 9.17) is 0 Å². The number of likely N-dealkylation sites (N-methyl/N-ethyl adjacent to an activating group) is 1. The van der Waals surface area contributed by atoms with Crippen molar-refractivity contribution in [2.75, 3.05) is 34.3 Å². The number of halogens is 1. The Bertz CT molecular complexity index is 189. The van der Waals surface area contributed by atoms with Gasteiger partial charge in [-0.1, -0.05) is 6.58 Å². The first kappa shape index (κ1) is 16.1. The Hall–Kier alpha value is -0.390. The molecule has 0 amide bonds. The van der Waals surface area contributed by atoms with Crippen molar-refractivity contribution in [1.29, 1.82) is 0 Å². The maximum atomic E-state index is 10.6. The molecule has 4 nitrogen and oxygen atoms in total. The van der Waals surface area contributed by atoms with Crippen LogP contribution in [0, 0.1) is 0 Å². The number of ether oxygens (including phenoxy) is 1. The first-order valence-electron chi connectivity index (χ1n) is 4.13. The summed E-state index contributed by atoms with van der Waals surface area (Å²) in [4.78, 5) is 10.6. The molecule has 1 unspecified atom stereocenters. The molecule has 0 saturated heterocycles. The number of carbonyl (C=O) groups excluding carboxylic acids is 1. The number of aliphatic hydroxyl groups is 1. The summed E-state index contributed by atoms with van der Waals surface area (Å²) in [5.41, 5.74) is 0. The van der Waals surface area contributed by atoms with Gasteiger partial charge in [-0.05, 0) is 0 Å². The van der Waals surface area contributed by atoms with Gasteiger partial charge in [0, 0.05) is 6.08 Å². The van der Waals surface area contributed by atoms with E-state index in [0.29, 0.717) is 11.0 Å². The molecule has 0 aromatic carbocycles. The van der Waals surface area contributed by atoms with Gasteiger partial charge in [0.2, 0.25) is 0 Å². The van der Waals surface area contributed by atoms with Gasteiger partial charge >= 0.3 is 5.97 Å². The SMILES string of the molecule is C=CC(=O)OCC(O)C[N+](C)(C)C.[Br-]. The zero-order valence-electron chi connectivity index (χ0n) is 8.86. The van der Waals surface area contributed by atoms with Crippen LogP contribution in [0.25, 0.3) is 0 Å². The molecule has 0 aliphatic carbocycles. The van der Waals surface area contributed by atoms with Crippen molar-refractivity contribution < 1.29 is 36.1 Å². The first-order chi connectivity index (χ1) is 5.85. The van der Waals surface area contributed by atoms with Crippen LogP contribution in [0.4, 0.5) is 0 Å². The van der Waals surface area contributed by atoms with Gasteiger partial charge in [-0.25, -0.2) is 4.79 Å². The number of hydrogen-bond acceptors (Lipinski definition) is 3. The second kappa shape index (κ2) is 6.98. The number of nitrogens with zero attached hydrogens (tertiary/aromatic N) is 1. The molecule has 1 atom stereocenters. The molecule has 0 rings (SSSR count). The van der Waals surface area contributed by atoms with E-state index in [-0.39, 0.29) is 23.6 Å². The van der Waals surface area contributed by atoms with Crippen molar-refractivity contribution in [2.45, 2.75) is 6.10 Å². The fraction of sp³-hybridized carbons (Fsp3) is 0.667. The molecule has 0 radical (unpaired) electrons. The van der Waals surface area contributed by atoms with Crippen molar-refractivity contribution in [1.82, 2.24) is 0 Å². The molecule has 0 saturated carbocycles. The lowest BCUT2D eigenvalue weighted by molar-refractivity contribution is -0.873. The van der Waals surface area contributed by atoms with Crippen molar-refractivity contribution in [3.63, 3.8) is 0 Å². The topological polar surface area (TPSA) is 46.5 Å². The minimum atomic E-state index is -0.621. The maximum Gasteiger partial charge on any atom is 0.330 e. The predicted molar refractivity (Wildman–Crippen MR) is 50.1 cm³/mol. The number of rotatable bonds is 5. The summed E-state index contributed by atoms with van der Waals surface area (Å²) in [6.45, 7) is 3.83. The molecular formula is C9H18BrNO3. The molecule has 84 valence electrons. The number of carbonyl (C=O) groups is 1. The summed E-state index contributed by atoms with van der Waals surface area (Å²) >= 11 is 0. The highest BCUT2D eigenvalue weighted by atomic mass is 79.9. The van der Waals surface area contributed by atoms with E-state index in [2.05, 4.69) is 11.3 Å². The molecule has 0 fully saturated rings. The van der Waals surface area contributed by atoms with E-state index in [9.17, 15) is 9.90 Å². The van der Waals surface area contributed by atoms with Crippen LogP contribution >= 0.6 is 0 Å². The summed E-state index contributed by atoms with van der Waals surface area (Å²) in [5.74, 6) is -0.500. The fourth-order valence-electron chi connectivity index (χ4n) is 0.922. The monoisotopic (exact) mass is 267 g/mol. The molecule has 5 heteroatoms. The molecule has 0 aromatic heterocycles. The Morgan fingerprint density at radius 3 is 2.43 bits per heavy atom. The van der Waals surface area contributed by atoms with E-state index in [0.717, 1.165) is 6.08 Å². The van der Waals surface area contributed by atoms with Crippen LogP contribution in [-0.2, 0) is 9.53 Å². The summed E-state index contributed by atoms with van der Waals surface area (Å²) in [6, 6.07) is 0. The van der Waals surface area contributed by atoms with Crippen LogP contribution < -0.4 is 17.0 Å². The average Bonchev–Trinajstić information content (AvgIpc) is 1.97.